The molecule has 3 aliphatic rings. The summed E-state index contributed by atoms with van der Waals surface area (Å²) in [7, 11) is 0. The van der Waals surface area contributed by atoms with Gasteiger partial charge in [0.1, 0.15) is 5.78 Å². The molecule has 3 saturated carbocycles. The highest BCUT2D eigenvalue weighted by molar-refractivity contribution is 5.78. The largest absolute Gasteiger partial charge is 0.498 e. The van der Waals surface area contributed by atoms with E-state index in [4.69, 9.17) is 4.74 Å². The smallest absolute Gasteiger partial charge is 0.132 e. The van der Waals surface area contributed by atoms with Gasteiger partial charge in [-0.05, 0) is 86.9 Å². The molecule has 6 atom stereocenters. The monoisotopic (exact) mass is 374 g/mol. The van der Waals surface area contributed by atoms with E-state index in [9.17, 15) is 4.79 Å². The molecule has 0 aromatic rings. The molecule has 0 aromatic heterocycles. The molecule has 0 amide bonds. The third-order valence-corrected chi connectivity index (χ3v) is 7.87. The summed E-state index contributed by atoms with van der Waals surface area (Å²) in [5, 5.41) is 0. The van der Waals surface area contributed by atoms with Crippen LogP contribution in [0.1, 0.15) is 97.3 Å². The van der Waals surface area contributed by atoms with Gasteiger partial charge in [-0.15, -0.1) is 0 Å². The molecule has 6 unspecified atom stereocenters. The van der Waals surface area contributed by atoms with E-state index in [1.807, 2.05) is 0 Å². The molecule has 0 radical (unpaired) electrons. The van der Waals surface area contributed by atoms with Gasteiger partial charge in [0.15, 0.2) is 0 Å². The van der Waals surface area contributed by atoms with Crippen molar-refractivity contribution < 1.29 is 9.53 Å². The maximum Gasteiger partial charge on any atom is 0.132 e. The number of fused-ring (bicyclic) bond motifs is 1. The van der Waals surface area contributed by atoms with E-state index in [1.54, 1.807) is 0 Å². The van der Waals surface area contributed by atoms with Crippen LogP contribution in [0.2, 0.25) is 0 Å². The molecule has 2 nitrogen and oxygen atoms in total. The van der Waals surface area contributed by atoms with Gasteiger partial charge in [0.2, 0.25) is 0 Å². The Morgan fingerprint density at radius 1 is 0.852 bits per heavy atom. The van der Waals surface area contributed by atoms with Crippen LogP contribution in [0.3, 0.4) is 0 Å². The predicted molar refractivity (Wildman–Crippen MR) is 112 cm³/mol. The maximum atomic E-state index is 12.2. The minimum atomic E-state index is 0.477. The fourth-order valence-corrected chi connectivity index (χ4v) is 5.46. The van der Waals surface area contributed by atoms with Gasteiger partial charge in [0, 0.05) is 19.3 Å². The van der Waals surface area contributed by atoms with Crippen LogP contribution in [0, 0.1) is 35.5 Å². The third-order valence-electron chi connectivity index (χ3n) is 7.87. The highest BCUT2D eigenvalue weighted by Gasteiger charge is 2.41. The molecule has 0 bridgehead atoms. The molecule has 0 N–H and O–H groups in total. The Morgan fingerprint density at radius 3 is 2.41 bits per heavy atom. The lowest BCUT2D eigenvalue weighted by molar-refractivity contribution is -0.119. The molecule has 3 rings (SSSR count). The number of rotatable bonds is 11. The molecule has 0 spiro atoms. The zero-order valence-corrected chi connectivity index (χ0v) is 17.9. The first kappa shape index (κ1) is 20.9. The first-order valence-electron chi connectivity index (χ1n) is 11.8. The Hall–Kier alpha value is -0.790. The molecule has 3 aliphatic carbocycles. The zero-order chi connectivity index (χ0) is 19.2. The Bertz CT molecular complexity index is 497. The summed E-state index contributed by atoms with van der Waals surface area (Å²) in [6, 6.07) is 0. The lowest BCUT2D eigenvalue weighted by atomic mass is 9.76. The summed E-state index contributed by atoms with van der Waals surface area (Å²) in [5.74, 6) is 6.75. The Labute approximate surface area is 167 Å². The van der Waals surface area contributed by atoms with Crippen molar-refractivity contribution in [2.24, 2.45) is 35.5 Å². The lowest BCUT2D eigenvalue weighted by Crippen LogP contribution is -2.23. The number of hydrogen-bond donors (Lipinski definition) is 0. The lowest BCUT2D eigenvalue weighted by Gasteiger charge is -2.32. The average Bonchev–Trinajstić information content (AvgIpc) is 3.43. The summed E-state index contributed by atoms with van der Waals surface area (Å²) in [6.45, 7) is 9.69. The van der Waals surface area contributed by atoms with Crippen molar-refractivity contribution >= 4 is 5.78 Å². The van der Waals surface area contributed by atoms with E-state index in [-0.39, 0.29) is 0 Å². The van der Waals surface area contributed by atoms with Crippen LogP contribution in [-0.2, 0) is 9.53 Å². The minimum Gasteiger partial charge on any atom is -0.498 e. The van der Waals surface area contributed by atoms with E-state index >= 15 is 0 Å². The second-order valence-electron chi connectivity index (χ2n) is 10.2. The van der Waals surface area contributed by atoms with Crippen molar-refractivity contribution in [1.82, 2.24) is 0 Å². The van der Waals surface area contributed by atoms with Crippen LogP contribution in [0.15, 0.2) is 12.3 Å². The number of Topliss-reactive ketones (excluding diaryl/α,β-unsaturated/α-hetero) is 1. The van der Waals surface area contributed by atoms with E-state index in [1.165, 1.54) is 44.9 Å². The van der Waals surface area contributed by atoms with E-state index in [0.717, 1.165) is 80.5 Å². The molecule has 0 saturated heterocycles. The quantitative estimate of drug-likeness (QED) is 0.289. The zero-order valence-electron chi connectivity index (χ0n) is 17.9. The highest BCUT2D eigenvalue weighted by Crippen LogP contribution is 2.52. The SMILES string of the molecule is C=C(CCCCC(=O)CCC1CCC2CC2C1)OCC1CCC(C)C(C)C1. The highest BCUT2D eigenvalue weighted by atomic mass is 16.5. The second kappa shape index (κ2) is 10.1. The summed E-state index contributed by atoms with van der Waals surface area (Å²) >= 11 is 0. The standard InChI is InChI=1S/C25H42O2/c1-18-8-9-22(14-19(18)2)17-27-20(3)6-4-5-7-25(26)13-11-21-10-12-23-16-24(23)15-21/h18-19,21-24H,3-17H2,1-2H3. The van der Waals surface area contributed by atoms with Crippen LogP contribution >= 0.6 is 0 Å². The fourth-order valence-electron chi connectivity index (χ4n) is 5.46. The summed E-state index contributed by atoms with van der Waals surface area (Å²) < 4.78 is 5.93. The molecule has 2 heteroatoms. The number of unbranched alkanes of at least 4 members (excludes halogenated alkanes) is 1. The van der Waals surface area contributed by atoms with Crippen molar-refractivity contribution in [3.63, 3.8) is 0 Å². The van der Waals surface area contributed by atoms with Crippen LogP contribution in [0.4, 0.5) is 0 Å². The van der Waals surface area contributed by atoms with Crippen molar-refractivity contribution in [2.75, 3.05) is 6.61 Å². The van der Waals surface area contributed by atoms with Gasteiger partial charge in [-0.1, -0.05) is 33.3 Å². The number of ether oxygens (including phenoxy) is 1. The van der Waals surface area contributed by atoms with Gasteiger partial charge in [0.05, 0.1) is 12.4 Å². The normalized spacial score (nSPS) is 35.3. The van der Waals surface area contributed by atoms with E-state index < -0.39 is 0 Å². The third kappa shape index (κ3) is 6.95. The van der Waals surface area contributed by atoms with Crippen molar-refractivity contribution in [3.05, 3.63) is 12.3 Å². The molecular formula is C25H42O2. The summed E-state index contributed by atoms with van der Waals surface area (Å²) in [6.07, 6.45) is 15.3. The maximum absolute atomic E-state index is 12.2. The van der Waals surface area contributed by atoms with Crippen molar-refractivity contribution in [3.8, 4) is 0 Å². The number of allylic oxidation sites excluding steroid dienone is 1. The molecule has 27 heavy (non-hydrogen) atoms. The predicted octanol–water partition coefficient (Wildman–Crippen LogP) is 6.93. The van der Waals surface area contributed by atoms with Crippen molar-refractivity contribution in [2.45, 2.75) is 97.3 Å². The first-order valence-corrected chi connectivity index (χ1v) is 11.8. The summed E-state index contributed by atoms with van der Waals surface area (Å²) in [4.78, 5) is 12.2. The molecule has 0 heterocycles. The number of carbonyl (C=O) groups excluding carboxylic acids is 1. The van der Waals surface area contributed by atoms with Gasteiger partial charge in [0.25, 0.3) is 0 Å². The van der Waals surface area contributed by atoms with Gasteiger partial charge in [-0.2, -0.15) is 0 Å². The Morgan fingerprint density at radius 2 is 1.63 bits per heavy atom. The number of ketones is 1. The van der Waals surface area contributed by atoms with Crippen LogP contribution in [0.25, 0.3) is 0 Å². The summed E-state index contributed by atoms with van der Waals surface area (Å²) in [5.41, 5.74) is 0. The van der Waals surface area contributed by atoms with Gasteiger partial charge < -0.3 is 4.74 Å². The molecule has 154 valence electrons. The minimum absolute atomic E-state index is 0.477. The van der Waals surface area contributed by atoms with Gasteiger partial charge in [-0.3, -0.25) is 4.79 Å². The molecule has 0 aliphatic heterocycles. The average molecular weight is 375 g/mol. The topological polar surface area (TPSA) is 26.3 Å². The van der Waals surface area contributed by atoms with Crippen LogP contribution < -0.4 is 0 Å². The number of hydrogen-bond acceptors (Lipinski definition) is 2. The molecule has 3 fully saturated rings. The van der Waals surface area contributed by atoms with Crippen molar-refractivity contribution in [1.29, 1.82) is 0 Å². The van der Waals surface area contributed by atoms with E-state index in [0.29, 0.717) is 11.7 Å². The Kier molecular flexibility index (Phi) is 7.85. The second-order valence-corrected chi connectivity index (χ2v) is 10.2. The Balaban J connectivity index is 1.17. The molecule has 0 aromatic carbocycles. The first-order chi connectivity index (χ1) is 13.0. The number of carbonyl (C=O) groups is 1. The van der Waals surface area contributed by atoms with Gasteiger partial charge >= 0.3 is 0 Å². The van der Waals surface area contributed by atoms with Crippen LogP contribution in [0.5, 0.6) is 0 Å². The van der Waals surface area contributed by atoms with Gasteiger partial charge in [-0.25, -0.2) is 0 Å². The molecular weight excluding hydrogens is 332 g/mol. The van der Waals surface area contributed by atoms with E-state index in [2.05, 4.69) is 20.4 Å². The van der Waals surface area contributed by atoms with Crippen LogP contribution in [-0.4, -0.2) is 12.4 Å². The fraction of sp³-hybridized carbons (Fsp3) is 0.880.